The van der Waals surface area contributed by atoms with Gasteiger partial charge in [0.1, 0.15) is 11.8 Å². The number of methoxy groups -OCH3 is 1. The van der Waals surface area contributed by atoms with Gasteiger partial charge in [-0.1, -0.05) is 12.1 Å². The lowest BCUT2D eigenvalue weighted by Gasteiger charge is -2.38. The average Bonchev–Trinajstić information content (AvgIpc) is 3.70. The summed E-state index contributed by atoms with van der Waals surface area (Å²) >= 11 is 0. The highest BCUT2D eigenvalue weighted by Gasteiger charge is 2.46. The average molecular weight is 795 g/mol. The summed E-state index contributed by atoms with van der Waals surface area (Å²) in [7, 11) is 1.44. The molecule has 4 aliphatic heterocycles. The number of anilines is 2. The first-order valence-corrected chi connectivity index (χ1v) is 19.6. The highest BCUT2D eigenvalue weighted by Crippen LogP contribution is 2.39. The highest BCUT2D eigenvalue weighted by atomic mass is 19.3. The summed E-state index contributed by atoms with van der Waals surface area (Å²) in [5, 5.41) is 3.51. The molecular weight excluding hydrogens is 754 g/mol. The first-order chi connectivity index (χ1) is 28.1. The molecule has 58 heavy (non-hydrogen) atoms. The Morgan fingerprint density at radius 2 is 1.64 bits per heavy atom. The third-order valence-corrected chi connectivity index (χ3v) is 12.2. The number of benzene rings is 2. The SMILES string of the molecule is COc1cc(N2CCN(CCC3CCN(c4ncc(-c5ccc6c7cnccc7n(C(F)F)c6c5)cc4F)CC3)CC2)cc2c1C(=O)N(C1CCC(=O)NC1=O)C2=O. The van der Waals surface area contributed by atoms with E-state index >= 15 is 4.39 Å². The number of rotatable bonds is 9. The van der Waals surface area contributed by atoms with E-state index in [1.165, 1.54) is 19.4 Å². The molecule has 7 heterocycles. The van der Waals surface area contributed by atoms with Crippen LogP contribution in [0.4, 0.5) is 24.7 Å². The van der Waals surface area contributed by atoms with E-state index in [9.17, 15) is 28.0 Å². The van der Waals surface area contributed by atoms with Gasteiger partial charge in [-0.15, -0.1) is 0 Å². The van der Waals surface area contributed by atoms with Crippen LogP contribution < -0.4 is 19.9 Å². The van der Waals surface area contributed by atoms with E-state index in [0.29, 0.717) is 70.8 Å². The van der Waals surface area contributed by atoms with Gasteiger partial charge < -0.3 is 14.5 Å². The van der Waals surface area contributed by atoms with Crippen LogP contribution >= 0.6 is 0 Å². The van der Waals surface area contributed by atoms with Gasteiger partial charge in [0.15, 0.2) is 11.6 Å². The van der Waals surface area contributed by atoms with Gasteiger partial charge in [0.2, 0.25) is 11.8 Å². The molecule has 0 spiro atoms. The Balaban J connectivity index is 0.786. The van der Waals surface area contributed by atoms with Gasteiger partial charge in [0.25, 0.3) is 11.8 Å². The molecule has 0 radical (unpaired) electrons. The van der Waals surface area contributed by atoms with E-state index in [1.807, 2.05) is 4.90 Å². The third-order valence-electron chi connectivity index (χ3n) is 12.2. The number of pyridine rings is 2. The molecule has 3 fully saturated rings. The molecule has 2 aromatic carbocycles. The Bertz CT molecular complexity index is 2480. The summed E-state index contributed by atoms with van der Waals surface area (Å²) in [6.07, 6.45) is 7.62. The summed E-state index contributed by atoms with van der Waals surface area (Å²) in [5.74, 6) is -1.65. The fourth-order valence-corrected chi connectivity index (χ4v) is 9.02. The molecule has 0 saturated carbocycles. The second-order valence-electron chi connectivity index (χ2n) is 15.4. The van der Waals surface area contributed by atoms with Gasteiger partial charge in [0, 0.05) is 92.4 Å². The zero-order valence-electron chi connectivity index (χ0n) is 31.8. The van der Waals surface area contributed by atoms with Crippen LogP contribution in [0.1, 0.15) is 59.4 Å². The zero-order valence-corrected chi connectivity index (χ0v) is 31.8. The van der Waals surface area contributed by atoms with Crippen molar-refractivity contribution in [3.05, 3.63) is 78.0 Å². The molecule has 1 N–H and O–H groups in total. The molecule has 1 atom stereocenters. The number of nitrogens with zero attached hydrogens (tertiary/aromatic N) is 7. The summed E-state index contributed by atoms with van der Waals surface area (Å²) in [5.41, 5.74) is 2.93. The molecule has 4 amide bonds. The second-order valence-corrected chi connectivity index (χ2v) is 15.4. The third kappa shape index (κ3) is 6.58. The largest absolute Gasteiger partial charge is 0.496 e. The molecule has 16 heteroatoms. The maximum atomic E-state index is 15.6. The van der Waals surface area contributed by atoms with Crippen molar-refractivity contribution in [1.29, 1.82) is 0 Å². The van der Waals surface area contributed by atoms with Crippen molar-refractivity contribution in [1.82, 2.24) is 29.7 Å². The first-order valence-electron chi connectivity index (χ1n) is 19.6. The minimum atomic E-state index is -2.75. The summed E-state index contributed by atoms with van der Waals surface area (Å²) in [4.78, 5) is 67.2. The maximum Gasteiger partial charge on any atom is 0.319 e. The van der Waals surface area contributed by atoms with E-state index in [1.54, 1.807) is 48.8 Å². The van der Waals surface area contributed by atoms with E-state index in [4.69, 9.17) is 4.74 Å². The van der Waals surface area contributed by atoms with Crippen molar-refractivity contribution < 1.29 is 37.1 Å². The first kappa shape index (κ1) is 37.5. The number of piperazine rings is 1. The molecule has 4 aliphatic rings. The number of aromatic nitrogens is 3. The van der Waals surface area contributed by atoms with Crippen molar-refractivity contribution >= 4 is 56.9 Å². The monoisotopic (exact) mass is 794 g/mol. The number of alkyl halides is 2. The van der Waals surface area contributed by atoms with Gasteiger partial charge in [-0.25, -0.2) is 9.37 Å². The Labute approximate surface area is 331 Å². The standard InChI is InChI=1S/C42H41F3N8O5/c1-58-35-21-27(20-29-37(35)41(57)53(40(29)56)33-4-5-36(54)48-39(33)55)50-16-14-49(15-17-50)11-7-24-8-12-51(13-9-24)38-31(43)18-26(22-47-38)25-2-3-28-30-23-46-10-6-32(30)52(42(44)45)34(28)19-25/h2-3,6,10,18-24,33,42H,4-5,7-9,11-17H2,1H3,(H,48,54,55). The fourth-order valence-electron chi connectivity index (χ4n) is 9.02. The van der Waals surface area contributed by atoms with Gasteiger partial charge >= 0.3 is 6.55 Å². The van der Waals surface area contributed by atoms with Gasteiger partial charge in [0.05, 0.1) is 29.3 Å². The van der Waals surface area contributed by atoms with Gasteiger partial charge in [-0.3, -0.25) is 43.8 Å². The normalized spacial score (nSPS) is 19.5. The van der Waals surface area contributed by atoms with Crippen LogP contribution in [-0.2, 0) is 9.59 Å². The van der Waals surface area contributed by atoms with Gasteiger partial charge in [-0.2, -0.15) is 8.78 Å². The number of fused-ring (bicyclic) bond motifs is 4. The van der Waals surface area contributed by atoms with Crippen LogP contribution in [0, 0.1) is 11.7 Å². The number of hydrogen-bond donors (Lipinski definition) is 1. The maximum absolute atomic E-state index is 15.6. The number of hydrogen-bond acceptors (Lipinski definition) is 10. The predicted octanol–water partition coefficient (Wildman–Crippen LogP) is 5.62. The number of carbonyl (C=O) groups is 4. The fraction of sp³-hybridized carbons (Fsp3) is 0.381. The zero-order chi connectivity index (χ0) is 40.2. The van der Waals surface area contributed by atoms with Crippen molar-refractivity contribution in [2.75, 3.05) is 62.7 Å². The number of piperidine rings is 2. The number of imide groups is 2. The lowest BCUT2D eigenvalue weighted by molar-refractivity contribution is -0.136. The number of nitrogens with one attached hydrogen (secondary N) is 1. The Kier molecular flexibility index (Phi) is 9.74. The van der Waals surface area contributed by atoms with Crippen LogP contribution in [0.5, 0.6) is 5.75 Å². The van der Waals surface area contributed by atoms with Crippen LogP contribution in [-0.4, -0.2) is 107 Å². The molecule has 1 unspecified atom stereocenters. The van der Waals surface area contributed by atoms with Crippen molar-refractivity contribution in [3.63, 3.8) is 0 Å². The van der Waals surface area contributed by atoms with Crippen LogP contribution in [0.3, 0.4) is 0 Å². The van der Waals surface area contributed by atoms with E-state index in [0.717, 1.165) is 54.1 Å². The number of carbonyl (C=O) groups excluding carboxylic acids is 4. The van der Waals surface area contributed by atoms with E-state index in [-0.39, 0.29) is 29.7 Å². The van der Waals surface area contributed by atoms with Crippen LogP contribution in [0.25, 0.3) is 32.9 Å². The summed E-state index contributed by atoms with van der Waals surface area (Å²) in [6.45, 7) is 2.57. The molecule has 3 saturated heterocycles. The Morgan fingerprint density at radius 1 is 0.845 bits per heavy atom. The minimum absolute atomic E-state index is 0.0464. The Morgan fingerprint density at radius 3 is 2.36 bits per heavy atom. The molecule has 0 bridgehead atoms. The molecule has 5 aromatic rings. The lowest BCUT2D eigenvalue weighted by atomic mass is 9.93. The van der Waals surface area contributed by atoms with Gasteiger partial charge in [-0.05, 0) is 68.0 Å². The summed E-state index contributed by atoms with van der Waals surface area (Å²) < 4.78 is 50.4. The Hall–Kier alpha value is -6.03. The van der Waals surface area contributed by atoms with Crippen molar-refractivity contribution in [2.24, 2.45) is 5.92 Å². The smallest absolute Gasteiger partial charge is 0.319 e. The molecule has 300 valence electrons. The molecule has 0 aliphatic carbocycles. The van der Waals surface area contributed by atoms with Crippen LogP contribution in [0.15, 0.2) is 61.1 Å². The number of ether oxygens (including phenoxy) is 1. The molecule has 9 rings (SSSR count). The van der Waals surface area contributed by atoms with Crippen molar-refractivity contribution in [3.8, 4) is 16.9 Å². The van der Waals surface area contributed by atoms with Crippen LogP contribution in [0.2, 0.25) is 0 Å². The molecule has 13 nitrogen and oxygen atoms in total. The van der Waals surface area contributed by atoms with E-state index in [2.05, 4.69) is 25.1 Å². The lowest BCUT2D eigenvalue weighted by Crippen LogP contribution is -2.54. The topological polar surface area (TPSA) is 133 Å². The number of halogens is 3. The summed E-state index contributed by atoms with van der Waals surface area (Å²) in [6, 6.07) is 10.6. The number of amides is 4. The quantitative estimate of drug-likeness (QED) is 0.188. The van der Waals surface area contributed by atoms with E-state index < -0.39 is 42.0 Å². The highest BCUT2D eigenvalue weighted by molar-refractivity contribution is 6.25. The minimum Gasteiger partial charge on any atom is -0.496 e. The molecular formula is C42H41F3N8O5. The predicted molar refractivity (Wildman–Crippen MR) is 210 cm³/mol. The molecule has 3 aromatic heterocycles. The second kappa shape index (κ2) is 15.0. The van der Waals surface area contributed by atoms with Crippen molar-refractivity contribution in [2.45, 2.75) is 44.7 Å².